The fourth-order valence-corrected chi connectivity index (χ4v) is 2.94. The van der Waals surface area contributed by atoms with E-state index in [4.69, 9.17) is 5.26 Å². The SMILES string of the molecule is C[C@@H]1[C@@H]2C[C@H](C#N)N(C(C)(C)C)[C@H]12. The summed E-state index contributed by atoms with van der Waals surface area (Å²) >= 11 is 0. The fourth-order valence-electron chi connectivity index (χ4n) is 2.94. The van der Waals surface area contributed by atoms with Crippen molar-refractivity contribution in [3.8, 4) is 6.07 Å². The van der Waals surface area contributed by atoms with Gasteiger partial charge in [-0.3, -0.25) is 4.90 Å². The van der Waals surface area contributed by atoms with Crippen molar-refractivity contribution in [1.29, 1.82) is 5.26 Å². The van der Waals surface area contributed by atoms with Gasteiger partial charge in [-0.1, -0.05) is 6.92 Å². The van der Waals surface area contributed by atoms with Gasteiger partial charge in [-0.05, 0) is 39.0 Å². The van der Waals surface area contributed by atoms with Gasteiger partial charge in [-0.2, -0.15) is 5.26 Å². The van der Waals surface area contributed by atoms with Gasteiger partial charge in [0.1, 0.15) is 0 Å². The molecule has 0 aromatic carbocycles. The number of fused-ring (bicyclic) bond motifs is 1. The van der Waals surface area contributed by atoms with Gasteiger partial charge in [0.15, 0.2) is 0 Å². The van der Waals surface area contributed by atoms with Crippen LogP contribution in [0.15, 0.2) is 0 Å². The lowest BCUT2D eigenvalue weighted by molar-refractivity contribution is 0.112. The third-order valence-corrected chi connectivity index (χ3v) is 3.59. The first-order valence-electron chi connectivity index (χ1n) is 5.15. The second-order valence-corrected chi connectivity index (χ2v) is 5.47. The van der Waals surface area contributed by atoms with E-state index in [1.165, 1.54) is 0 Å². The zero-order valence-corrected chi connectivity index (χ0v) is 8.91. The van der Waals surface area contributed by atoms with Crippen molar-refractivity contribution in [2.75, 3.05) is 0 Å². The first-order valence-corrected chi connectivity index (χ1v) is 5.15. The first-order chi connectivity index (χ1) is 5.96. The number of hydrogen-bond acceptors (Lipinski definition) is 2. The van der Waals surface area contributed by atoms with Crippen molar-refractivity contribution in [3.05, 3.63) is 0 Å². The molecule has 0 radical (unpaired) electrons. The topological polar surface area (TPSA) is 27.0 Å². The van der Waals surface area contributed by atoms with Crippen LogP contribution in [0.1, 0.15) is 34.1 Å². The van der Waals surface area contributed by atoms with Crippen LogP contribution in [0, 0.1) is 23.2 Å². The van der Waals surface area contributed by atoms with Crippen LogP contribution >= 0.6 is 0 Å². The molecule has 1 heterocycles. The van der Waals surface area contributed by atoms with Gasteiger partial charge in [0.25, 0.3) is 0 Å². The normalized spacial score (nSPS) is 44.2. The summed E-state index contributed by atoms with van der Waals surface area (Å²) in [6.45, 7) is 8.95. The van der Waals surface area contributed by atoms with Gasteiger partial charge in [-0.25, -0.2) is 0 Å². The predicted octanol–water partition coefficient (Wildman–Crippen LogP) is 2.02. The van der Waals surface area contributed by atoms with Crippen molar-refractivity contribution in [3.63, 3.8) is 0 Å². The molecule has 0 unspecified atom stereocenters. The molecule has 0 N–H and O–H groups in total. The molecular weight excluding hydrogens is 160 g/mol. The Morgan fingerprint density at radius 2 is 2.00 bits per heavy atom. The summed E-state index contributed by atoms with van der Waals surface area (Å²) in [5.41, 5.74) is 0.157. The van der Waals surface area contributed by atoms with E-state index in [1.54, 1.807) is 0 Å². The maximum absolute atomic E-state index is 9.03. The summed E-state index contributed by atoms with van der Waals surface area (Å²) in [4.78, 5) is 2.42. The van der Waals surface area contributed by atoms with Crippen LogP contribution in [0.3, 0.4) is 0 Å². The molecule has 2 heteroatoms. The Morgan fingerprint density at radius 3 is 2.46 bits per heavy atom. The van der Waals surface area contributed by atoms with E-state index in [9.17, 15) is 0 Å². The van der Waals surface area contributed by atoms with E-state index in [-0.39, 0.29) is 11.6 Å². The molecule has 0 spiro atoms. The molecule has 0 aromatic rings. The van der Waals surface area contributed by atoms with E-state index in [0.29, 0.717) is 6.04 Å². The molecule has 0 bridgehead atoms. The molecule has 1 saturated carbocycles. The van der Waals surface area contributed by atoms with Crippen LogP contribution in [-0.2, 0) is 0 Å². The zero-order valence-electron chi connectivity index (χ0n) is 8.91. The van der Waals surface area contributed by atoms with E-state index in [2.05, 4.69) is 38.7 Å². The maximum Gasteiger partial charge on any atom is 0.0988 e. The summed E-state index contributed by atoms with van der Waals surface area (Å²) in [6, 6.07) is 3.30. The highest BCUT2D eigenvalue weighted by molar-refractivity contribution is 5.18. The van der Waals surface area contributed by atoms with Gasteiger partial charge < -0.3 is 0 Å². The fraction of sp³-hybridized carbons (Fsp3) is 0.909. The predicted molar refractivity (Wildman–Crippen MR) is 52.1 cm³/mol. The number of rotatable bonds is 0. The highest BCUT2D eigenvalue weighted by atomic mass is 15.3. The maximum atomic E-state index is 9.03. The van der Waals surface area contributed by atoms with Gasteiger partial charge in [0.2, 0.25) is 0 Å². The summed E-state index contributed by atoms with van der Waals surface area (Å²) in [6.07, 6.45) is 1.10. The molecule has 0 aromatic heterocycles. The third kappa shape index (κ3) is 1.18. The molecule has 2 nitrogen and oxygen atoms in total. The molecule has 0 amide bonds. The lowest BCUT2D eigenvalue weighted by Crippen LogP contribution is -2.47. The summed E-state index contributed by atoms with van der Waals surface area (Å²) in [5, 5.41) is 9.03. The minimum atomic E-state index is 0.157. The smallest absolute Gasteiger partial charge is 0.0988 e. The number of likely N-dealkylation sites (tertiary alicyclic amines) is 1. The molecule has 1 saturated heterocycles. The van der Waals surface area contributed by atoms with Gasteiger partial charge in [0, 0.05) is 11.6 Å². The zero-order chi connectivity index (χ0) is 9.80. The van der Waals surface area contributed by atoms with Crippen molar-refractivity contribution in [2.24, 2.45) is 11.8 Å². The molecule has 4 atom stereocenters. The van der Waals surface area contributed by atoms with Crippen LogP contribution in [0.25, 0.3) is 0 Å². The van der Waals surface area contributed by atoms with Crippen molar-refractivity contribution in [2.45, 2.75) is 51.7 Å². The first kappa shape index (κ1) is 9.02. The van der Waals surface area contributed by atoms with Crippen LogP contribution in [0.4, 0.5) is 0 Å². The molecule has 1 aliphatic heterocycles. The number of nitriles is 1. The van der Waals surface area contributed by atoms with Crippen molar-refractivity contribution in [1.82, 2.24) is 4.90 Å². The lowest BCUT2D eigenvalue weighted by Gasteiger charge is -2.36. The summed E-state index contributed by atoms with van der Waals surface area (Å²) < 4.78 is 0. The number of piperidine rings is 1. The average molecular weight is 178 g/mol. The highest BCUT2D eigenvalue weighted by Gasteiger charge is 2.60. The Kier molecular flexibility index (Phi) is 1.72. The molecule has 2 rings (SSSR count). The summed E-state index contributed by atoms with van der Waals surface area (Å²) in [7, 11) is 0. The molecule has 13 heavy (non-hydrogen) atoms. The molecule has 2 aliphatic rings. The Labute approximate surface area is 80.5 Å². The van der Waals surface area contributed by atoms with E-state index < -0.39 is 0 Å². The van der Waals surface area contributed by atoms with Gasteiger partial charge in [-0.15, -0.1) is 0 Å². The summed E-state index contributed by atoms with van der Waals surface area (Å²) in [5.74, 6) is 1.63. The van der Waals surface area contributed by atoms with E-state index >= 15 is 0 Å². The van der Waals surface area contributed by atoms with Crippen LogP contribution in [-0.4, -0.2) is 22.5 Å². The number of nitrogens with zero attached hydrogens (tertiary/aromatic N) is 2. The molecule has 1 aliphatic carbocycles. The third-order valence-electron chi connectivity index (χ3n) is 3.59. The molecule has 72 valence electrons. The Morgan fingerprint density at radius 1 is 1.38 bits per heavy atom. The van der Waals surface area contributed by atoms with Crippen molar-refractivity contribution < 1.29 is 0 Å². The Balaban J connectivity index is 2.19. The number of hydrogen-bond donors (Lipinski definition) is 0. The minimum Gasteiger partial charge on any atom is -0.280 e. The lowest BCUT2D eigenvalue weighted by atomic mass is 10.0. The Hall–Kier alpha value is -0.550. The van der Waals surface area contributed by atoms with Gasteiger partial charge in [0.05, 0.1) is 12.1 Å². The molecular formula is C11H18N2. The van der Waals surface area contributed by atoms with Crippen molar-refractivity contribution >= 4 is 0 Å². The molecule has 2 fully saturated rings. The minimum absolute atomic E-state index is 0.157. The largest absolute Gasteiger partial charge is 0.280 e. The highest BCUT2D eigenvalue weighted by Crippen LogP contribution is 2.55. The van der Waals surface area contributed by atoms with Gasteiger partial charge >= 0.3 is 0 Å². The monoisotopic (exact) mass is 178 g/mol. The van der Waals surface area contributed by atoms with E-state index in [1.807, 2.05) is 0 Å². The van der Waals surface area contributed by atoms with Crippen LogP contribution in [0.5, 0.6) is 0 Å². The second kappa shape index (κ2) is 2.48. The Bertz CT molecular complexity index is 258. The average Bonchev–Trinajstić information content (AvgIpc) is 2.47. The second-order valence-electron chi connectivity index (χ2n) is 5.47. The van der Waals surface area contributed by atoms with E-state index in [0.717, 1.165) is 18.3 Å². The standard InChI is InChI=1S/C11H18N2/c1-7-9-5-8(6-12)13(10(7)9)11(2,3)4/h7-10H,5H2,1-4H3/t7-,8-,9+,10-/m1/s1. The quantitative estimate of drug-likeness (QED) is 0.567. The van der Waals surface area contributed by atoms with Crippen LogP contribution in [0.2, 0.25) is 0 Å². The van der Waals surface area contributed by atoms with Crippen LogP contribution < -0.4 is 0 Å².